The van der Waals surface area contributed by atoms with Crippen molar-refractivity contribution in [3.63, 3.8) is 0 Å². The topological polar surface area (TPSA) is 12.0 Å². The number of anilines is 1. The zero-order valence-electron chi connectivity index (χ0n) is 20.7. The van der Waals surface area contributed by atoms with Crippen molar-refractivity contribution in [3.05, 3.63) is 142 Å². The standard InChI is InChI=1S/C34H31BN/c1-2-9-28-23(7-1)8-5-11-29(28)24-15-19-26(20-16-24)36-27-21-17-25(18-22-27)30-12-6-13-32-31-10-3-4-14-33(31)35-34(30)32/h1-3,5,7-12,15-21,23,27-28,36H,4,6,13-14,22H2/t23?,27-,28-/m0/s1. The maximum Gasteiger partial charge on any atom is 0.187 e. The van der Waals surface area contributed by atoms with Crippen molar-refractivity contribution in [1.29, 1.82) is 0 Å². The monoisotopic (exact) mass is 464 g/mol. The minimum Gasteiger partial charge on any atom is -0.379 e. The molecule has 175 valence electrons. The van der Waals surface area contributed by atoms with E-state index >= 15 is 0 Å². The molecule has 0 spiro atoms. The average molecular weight is 464 g/mol. The van der Waals surface area contributed by atoms with Crippen LogP contribution in [-0.4, -0.2) is 13.3 Å². The lowest BCUT2D eigenvalue weighted by atomic mass is 9.59. The van der Waals surface area contributed by atoms with Crippen LogP contribution in [0.2, 0.25) is 0 Å². The SMILES string of the molecule is [B]1C2=C(C=CCC2)C2=C1C(C1=CC[C@@H](Nc3ccc(C4=CC=CC5C=CC=C[C@H]45)cc3)C=C1)=CCC2. The summed E-state index contributed by atoms with van der Waals surface area (Å²) in [5.41, 5.74) is 12.8. The Bertz CT molecular complexity index is 1400. The maximum atomic E-state index is 3.73. The van der Waals surface area contributed by atoms with Gasteiger partial charge in [0.15, 0.2) is 7.28 Å². The van der Waals surface area contributed by atoms with E-state index in [1.165, 1.54) is 58.3 Å². The van der Waals surface area contributed by atoms with E-state index < -0.39 is 0 Å². The molecule has 1 aromatic carbocycles. The van der Waals surface area contributed by atoms with Crippen LogP contribution in [0.25, 0.3) is 5.57 Å². The van der Waals surface area contributed by atoms with Crippen molar-refractivity contribution in [2.45, 2.75) is 38.1 Å². The maximum absolute atomic E-state index is 3.73. The number of benzene rings is 1. The van der Waals surface area contributed by atoms with Crippen LogP contribution in [0.15, 0.2) is 136 Å². The van der Waals surface area contributed by atoms with Gasteiger partial charge in [0.2, 0.25) is 0 Å². The second-order valence-electron chi connectivity index (χ2n) is 10.5. The predicted octanol–water partition coefficient (Wildman–Crippen LogP) is 7.96. The molecule has 1 radical (unpaired) electrons. The lowest BCUT2D eigenvalue weighted by Crippen LogP contribution is -2.19. The zero-order valence-corrected chi connectivity index (χ0v) is 20.7. The van der Waals surface area contributed by atoms with Crippen molar-refractivity contribution in [1.82, 2.24) is 0 Å². The molecule has 0 amide bonds. The highest BCUT2D eigenvalue weighted by atomic mass is 14.9. The van der Waals surface area contributed by atoms with Crippen molar-refractivity contribution >= 4 is 18.5 Å². The number of hydrogen-bond acceptors (Lipinski definition) is 1. The Labute approximate surface area is 215 Å². The third-order valence-electron chi connectivity index (χ3n) is 8.34. The van der Waals surface area contributed by atoms with Gasteiger partial charge in [-0.3, -0.25) is 0 Å². The molecule has 36 heavy (non-hydrogen) atoms. The molecule has 0 bridgehead atoms. The van der Waals surface area contributed by atoms with Crippen LogP contribution in [0.5, 0.6) is 0 Å². The van der Waals surface area contributed by atoms with E-state index in [1.54, 1.807) is 11.0 Å². The molecule has 0 aromatic heterocycles. The van der Waals surface area contributed by atoms with Crippen molar-refractivity contribution in [2.75, 3.05) is 5.32 Å². The second-order valence-corrected chi connectivity index (χ2v) is 10.5. The molecule has 5 aliphatic carbocycles. The van der Waals surface area contributed by atoms with E-state index in [2.05, 4.69) is 116 Å². The van der Waals surface area contributed by atoms with Crippen LogP contribution in [0, 0.1) is 11.8 Å². The predicted molar refractivity (Wildman–Crippen MR) is 154 cm³/mol. The van der Waals surface area contributed by atoms with Gasteiger partial charge in [-0.15, -0.1) is 0 Å². The first-order chi connectivity index (χ1) is 17.8. The summed E-state index contributed by atoms with van der Waals surface area (Å²) in [5.74, 6) is 0.925. The molecule has 0 saturated carbocycles. The summed E-state index contributed by atoms with van der Waals surface area (Å²) in [6.45, 7) is 0. The lowest BCUT2D eigenvalue weighted by molar-refractivity contribution is 0.678. The summed E-state index contributed by atoms with van der Waals surface area (Å²) in [5, 5.41) is 3.73. The van der Waals surface area contributed by atoms with E-state index in [0.717, 1.165) is 12.8 Å². The van der Waals surface area contributed by atoms with Crippen LogP contribution in [-0.2, 0) is 0 Å². The highest BCUT2D eigenvalue weighted by Gasteiger charge is 2.29. The van der Waals surface area contributed by atoms with Crippen molar-refractivity contribution < 1.29 is 0 Å². The summed E-state index contributed by atoms with van der Waals surface area (Å²) >= 11 is 0. The van der Waals surface area contributed by atoms with Gasteiger partial charge in [0.1, 0.15) is 0 Å². The molecule has 1 unspecified atom stereocenters. The van der Waals surface area contributed by atoms with Gasteiger partial charge in [0.25, 0.3) is 0 Å². The van der Waals surface area contributed by atoms with Crippen LogP contribution >= 0.6 is 0 Å². The summed E-state index contributed by atoms with van der Waals surface area (Å²) < 4.78 is 0. The van der Waals surface area contributed by atoms with Gasteiger partial charge in [-0.2, -0.15) is 0 Å². The smallest absolute Gasteiger partial charge is 0.187 e. The van der Waals surface area contributed by atoms with Crippen LogP contribution in [0.4, 0.5) is 5.69 Å². The fourth-order valence-corrected chi connectivity index (χ4v) is 6.49. The van der Waals surface area contributed by atoms with E-state index in [1.807, 2.05) is 0 Å². The van der Waals surface area contributed by atoms with E-state index in [9.17, 15) is 0 Å². The summed E-state index contributed by atoms with van der Waals surface area (Å²) in [4.78, 5) is 0. The molecule has 6 aliphatic rings. The number of allylic oxidation sites excluding steroid dienone is 18. The average Bonchev–Trinajstić information content (AvgIpc) is 3.33. The normalized spacial score (nSPS) is 27.7. The first-order valence-corrected chi connectivity index (χ1v) is 13.5. The molecule has 2 heteroatoms. The van der Waals surface area contributed by atoms with Gasteiger partial charge in [-0.05, 0) is 77.7 Å². The molecular weight excluding hydrogens is 433 g/mol. The van der Waals surface area contributed by atoms with Gasteiger partial charge in [0.05, 0.1) is 0 Å². The molecule has 3 atom stereocenters. The molecule has 1 aromatic rings. The van der Waals surface area contributed by atoms with Crippen LogP contribution in [0.3, 0.4) is 0 Å². The first kappa shape index (κ1) is 21.7. The Balaban J connectivity index is 1.02. The molecular formula is C34H31BN. The summed E-state index contributed by atoms with van der Waals surface area (Å²) in [6, 6.07) is 9.33. The molecule has 7 rings (SSSR count). The number of nitrogens with one attached hydrogen (secondary N) is 1. The zero-order chi connectivity index (χ0) is 23.9. The lowest BCUT2D eigenvalue weighted by Gasteiger charge is -2.27. The number of rotatable bonds is 4. The minimum absolute atomic E-state index is 0.326. The van der Waals surface area contributed by atoms with E-state index in [-0.39, 0.29) is 0 Å². The Morgan fingerprint density at radius 2 is 1.72 bits per heavy atom. The minimum atomic E-state index is 0.326. The second kappa shape index (κ2) is 9.17. The highest BCUT2D eigenvalue weighted by Crippen LogP contribution is 2.43. The molecule has 1 N–H and O–H groups in total. The molecule has 1 nitrogen and oxygen atoms in total. The third-order valence-corrected chi connectivity index (χ3v) is 8.34. The van der Waals surface area contributed by atoms with Gasteiger partial charge in [-0.1, -0.05) is 102 Å². The van der Waals surface area contributed by atoms with Gasteiger partial charge in [0, 0.05) is 23.6 Å². The molecule has 1 aliphatic heterocycles. The Hall–Kier alpha value is -3.52. The summed E-state index contributed by atoms with van der Waals surface area (Å²) in [7, 11) is 2.47. The van der Waals surface area contributed by atoms with Gasteiger partial charge >= 0.3 is 0 Å². The van der Waals surface area contributed by atoms with Gasteiger partial charge in [-0.25, -0.2) is 0 Å². The Morgan fingerprint density at radius 3 is 2.61 bits per heavy atom. The van der Waals surface area contributed by atoms with Crippen LogP contribution in [0.1, 0.15) is 37.7 Å². The van der Waals surface area contributed by atoms with Crippen molar-refractivity contribution in [2.24, 2.45) is 11.8 Å². The number of fused-ring (bicyclic) bond motifs is 2. The molecule has 1 heterocycles. The Kier molecular flexibility index (Phi) is 5.54. The van der Waals surface area contributed by atoms with Crippen LogP contribution < -0.4 is 5.32 Å². The third kappa shape index (κ3) is 3.90. The van der Waals surface area contributed by atoms with Crippen molar-refractivity contribution in [3.8, 4) is 0 Å². The Morgan fingerprint density at radius 1 is 0.833 bits per heavy atom. The van der Waals surface area contributed by atoms with Gasteiger partial charge < -0.3 is 5.32 Å². The summed E-state index contributed by atoms with van der Waals surface area (Å²) in [6.07, 6.45) is 35.7. The largest absolute Gasteiger partial charge is 0.379 e. The molecule has 0 saturated heterocycles. The quantitative estimate of drug-likeness (QED) is 0.446. The highest BCUT2D eigenvalue weighted by molar-refractivity contribution is 6.58. The first-order valence-electron chi connectivity index (χ1n) is 13.5. The van der Waals surface area contributed by atoms with E-state index in [4.69, 9.17) is 0 Å². The number of hydrogen-bond donors (Lipinski definition) is 1. The fourth-order valence-electron chi connectivity index (χ4n) is 6.49. The van der Waals surface area contributed by atoms with E-state index in [0.29, 0.717) is 17.9 Å². The molecule has 0 fully saturated rings. The fraction of sp³-hybridized carbons (Fsp3) is 0.235.